The van der Waals surface area contributed by atoms with Crippen molar-refractivity contribution in [1.82, 2.24) is 5.32 Å². The number of hydrogen-bond acceptors (Lipinski definition) is 4. The first-order valence-electron chi connectivity index (χ1n) is 10.4. The van der Waals surface area contributed by atoms with Gasteiger partial charge in [0.1, 0.15) is 12.6 Å². The topological polar surface area (TPSA) is 131 Å². The largest absolute Gasteiger partial charge is 0.480 e. The highest BCUT2D eigenvalue weighted by molar-refractivity contribution is 5.89. The van der Waals surface area contributed by atoms with Crippen LogP contribution in [0.15, 0.2) is 72.8 Å². The minimum absolute atomic E-state index is 0.0595. The van der Waals surface area contributed by atoms with E-state index in [4.69, 9.17) is 10.5 Å². The monoisotopic (exact) mass is 445 g/mol. The summed E-state index contributed by atoms with van der Waals surface area (Å²) in [6.07, 6.45) is -0.889. The molecule has 0 spiro atoms. The number of hydrogen-bond donors (Lipinski definition) is 4. The van der Waals surface area contributed by atoms with Gasteiger partial charge in [-0.2, -0.15) is 0 Å². The van der Waals surface area contributed by atoms with Gasteiger partial charge in [-0.3, -0.25) is 0 Å². The Balaban J connectivity index is 1.44. The zero-order chi connectivity index (χ0) is 23.4. The molecule has 3 aromatic carbocycles. The van der Waals surface area contributed by atoms with Crippen molar-refractivity contribution in [3.63, 3.8) is 0 Å². The molecule has 0 bridgehead atoms. The molecule has 0 heterocycles. The molecule has 5 N–H and O–H groups in total. The van der Waals surface area contributed by atoms with Crippen LogP contribution in [0.4, 0.5) is 15.3 Å². The van der Waals surface area contributed by atoms with E-state index < -0.39 is 24.1 Å². The van der Waals surface area contributed by atoms with Crippen molar-refractivity contribution in [2.75, 3.05) is 11.9 Å². The number of primary amides is 1. The number of amides is 3. The summed E-state index contributed by atoms with van der Waals surface area (Å²) in [5, 5.41) is 14.5. The van der Waals surface area contributed by atoms with Gasteiger partial charge in [-0.05, 0) is 33.9 Å². The lowest BCUT2D eigenvalue weighted by molar-refractivity contribution is -0.139. The van der Waals surface area contributed by atoms with Gasteiger partial charge in [0.15, 0.2) is 0 Å². The lowest BCUT2D eigenvalue weighted by Crippen LogP contribution is -2.43. The minimum atomic E-state index is -1.25. The first-order chi connectivity index (χ1) is 15.9. The maximum Gasteiger partial charge on any atom is 0.407 e. The summed E-state index contributed by atoms with van der Waals surface area (Å²) in [5.74, 6) is -1.36. The molecule has 0 aliphatic heterocycles. The number of para-hydroxylation sites is 1. The molecule has 1 atom stereocenters. The highest BCUT2D eigenvalue weighted by Crippen LogP contribution is 2.44. The van der Waals surface area contributed by atoms with E-state index in [2.05, 4.69) is 10.6 Å². The fraction of sp³-hybridized carbons (Fsp3) is 0.160. The number of urea groups is 1. The van der Waals surface area contributed by atoms with Gasteiger partial charge in [-0.15, -0.1) is 0 Å². The average Bonchev–Trinajstić information content (AvgIpc) is 3.12. The number of carbonyl (C=O) groups is 3. The van der Waals surface area contributed by atoms with Crippen LogP contribution < -0.4 is 16.4 Å². The second-order valence-electron chi connectivity index (χ2n) is 7.71. The van der Waals surface area contributed by atoms with Gasteiger partial charge in [0, 0.05) is 18.0 Å². The molecular formula is C25H23N3O5. The molecule has 0 saturated heterocycles. The lowest BCUT2D eigenvalue weighted by Gasteiger charge is -2.18. The number of nitrogens with one attached hydrogen (secondary N) is 2. The van der Waals surface area contributed by atoms with Gasteiger partial charge in [0.05, 0.1) is 0 Å². The van der Waals surface area contributed by atoms with Crippen LogP contribution in [0.3, 0.4) is 0 Å². The molecular weight excluding hydrogens is 422 g/mol. The summed E-state index contributed by atoms with van der Waals surface area (Å²) in [4.78, 5) is 35.5. The van der Waals surface area contributed by atoms with Gasteiger partial charge in [0.25, 0.3) is 0 Å². The third kappa shape index (κ3) is 4.79. The summed E-state index contributed by atoms with van der Waals surface area (Å²) in [5.41, 5.74) is 10.4. The van der Waals surface area contributed by atoms with Gasteiger partial charge >= 0.3 is 18.1 Å². The van der Waals surface area contributed by atoms with Gasteiger partial charge in [0.2, 0.25) is 0 Å². The van der Waals surface area contributed by atoms with E-state index in [1.807, 2.05) is 48.5 Å². The normalized spacial score (nSPS) is 12.8. The molecule has 0 radical (unpaired) electrons. The predicted molar refractivity (Wildman–Crippen MR) is 123 cm³/mol. The zero-order valence-electron chi connectivity index (χ0n) is 17.7. The Bertz CT molecular complexity index is 1160. The van der Waals surface area contributed by atoms with E-state index >= 15 is 0 Å². The second-order valence-corrected chi connectivity index (χ2v) is 7.71. The van der Waals surface area contributed by atoms with Crippen molar-refractivity contribution in [3.05, 3.63) is 89.5 Å². The summed E-state index contributed by atoms with van der Waals surface area (Å²) in [7, 11) is 0. The number of rotatable bonds is 7. The fourth-order valence-corrected chi connectivity index (χ4v) is 4.16. The molecule has 0 fully saturated rings. The molecule has 33 heavy (non-hydrogen) atoms. The van der Waals surface area contributed by atoms with E-state index in [0.717, 1.165) is 22.3 Å². The first-order valence-corrected chi connectivity index (χ1v) is 10.4. The molecule has 1 unspecified atom stereocenters. The van der Waals surface area contributed by atoms with E-state index in [0.29, 0.717) is 11.3 Å². The summed E-state index contributed by atoms with van der Waals surface area (Å²) in [6.45, 7) is 0.0754. The maximum absolute atomic E-state index is 12.5. The second kappa shape index (κ2) is 9.44. The quantitative estimate of drug-likeness (QED) is 0.440. The summed E-state index contributed by atoms with van der Waals surface area (Å²) in [6, 6.07) is 20.5. The van der Waals surface area contributed by atoms with Crippen LogP contribution in [-0.2, 0) is 16.0 Å². The van der Waals surface area contributed by atoms with Gasteiger partial charge < -0.3 is 26.2 Å². The summed E-state index contributed by atoms with van der Waals surface area (Å²) < 4.78 is 5.45. The number of anilines is 1. The van der Waals surface area contributed by atoms with E-state index in [1.165, 1.54) is 0 Å². The van der Waals surface area contributed by atoms with Crippen LogP contribution >= 0.6 is 0 Å². The minimum Gasteiger partial charge on any atom is -0.480 e. The number of nitrogens with two attached hydrogens (primary N) is 1. The number of aliphatic carboxylic acids is 1. The zero-order valence-corrected chi connectivity index (χ0v) is 17.7. The molecule has 8 nitrogen and oxygen atoms in total. The molecule has 3 aromatic rings. The third-order valence-corrected chi connectivity index (χ3v) is 5.63. The number of fused-ring (bicyclic) bond motifs is 3. The van der Waals surface area contributed by atoms with Crippen molar-refractivity contribution in [1.29, 1.82) is 0 Å². The third-order valence-electron chi connectivity index (χ3n) is 5.63. The molecule has 1 aliphatic rings. The number of benzene rings is 3. The smallest absolute Gasteiger partial charge is 0.407 e. The number of ether oxygens (including phenoxy) is 1. The lowest BCUT2D eigenvalue weighted by atomic mass is 9.98. The van der Waals surface area contributed by atoms with Crippen LogP contribution in [0.2, 0.25) is 0 Å². The molecule has 3 amide bonds. The number of carboxylic acids is 1. The highest BCUT2D eigenvalue weighted by Gasteiger charge is 2.30. The predicted octanol–water partition coefficient (Wildman–Crippen LogP) is 3.71. The van der Waals surface area contributed by atoms with Crippen molar-refractivity contribution in [2.24, 2.45) is 5.73 Å². The Hall–Kier alpha value is -4.33. The molecule has 0 saturated carbocycles. The van der Waals surface area contributed by atoms with Crippen molar-refractivity contribution in [3.8, 4) is 11.1 Å². The van der Waals surface area contributed by atoms with E-state index in [-0.39, 0.29) is 18.9 Å². The fourth-order valence-electron chi connectivity index (χ4n) is 4.16. The van der Waals surface area contributed by atoms with Crippen LogP contribution in [0, 0.1) is 0 Å². The Labute approximate surface area is 190 Å². The molecule has 8 heteroatoms. The highest BCUT2D eigenvalue weighted by atomic mass is 16.5. The van der Waals surface area contributed by atoms with Crippen LogP contribution in [0.5, 0.6) is 0 Å². The van der Waals surface area contributed by atoms with Crippen molar-refractivity contribution in [2.45, 2.75) is 18.4 Å². The standard InChI is InChI=1S/C25H23N3O5/c26-24(31)27-21-12-6-1-7-15(21)13-22(23(29)30)28-25(32)33-14-20-18-10-4-2-8-16(18)17-9-3-5-11-19(17)20/h1-12,20,22H,13-14H2,(H,28,32)(H,29,30)(H3,26,27,31). The van der Waals surface area contributed by atoms with Gasteiger partial charge in [-0.25, -0.2) is 14.4 Å². The average molecular weight is 445 g/mol. The Morgan fingerprint density at radius 3 is 2.09 bits per heavy atom. The first kappa shape index (κ1) is 21.9. The van der Waals surface area contributed by atoms with E-state index in [9.17, 15) is 19.5 Å². The summed E-state index contributed by atoms with van der Waals surface area (Å²) >= 11 is 0. The number of carboxylic acid groups (broad SMARTS) is 1. The van der Waals surface area contributed by atoms with Crippen LogP contribution in [-0.4, -0.2) is 35.8 Å². The Morgan fingerprint density at radius 2 is 1.48 bits per heavy atom. The molecule has 4 rings (SSSR count). The van der Waals surface area contributed by atoms with Crippen LogP contribution in [0.25, 0.3) is 11.1 Å². The molecule has 1 aliphatic carbocycles. The Kier molecular flexibility index (Phi) is 6.26. The van der Waals surface area contributed by atoms with Crippen LogP contribution in [0.1, 0.15) is 22.6 Å². The van der Waals surface area contributed by atoms with E-state index in [1.54, 1.807) is 24.3 Å². The number of alkyl carbamates (subject to hydrolysis) is 1. The van der Waals surface area contributed by atoms with Crippen molar-refractivity contribution >= 4 is 23.8 Å². The molecule has 0 aromatic heterocycles. The molecule has 168 valence electrons. The van der Waals surface area contributed by atoms with Crippen molar-refractivity contribution < 1.29 is 24.2 Å². The van der Waals surface area contributed by atoms with Gasteiger partial charge in [-0.1, -0.05) is 66.7 Å². The Morgan fingerprint density at radius 1 is 0.909 bits per heavy atom. The number of carbonyl (C=O) groups excluding carboxylic acids is 2. The maximum atomic E-state index is 12.5. The SMILES string of the molecule is NC(=O)Nc1ccccc1CC(NC(=O)OCC1c2ccccc2-c2ccccc21)C(=O)O.